The fourth-order valence-electron chi connectivity index (χ4n) is 1.28. The number of hydrogen-bond acceptors (Lipinski definition) is 2. The highest BCUT2D eigenvalue weighted by Gasteiger charge is 2.17. The fourth-order valence-corrected chi connectivity index (χ4v) is 1.73. The Hall–Kier alpha value is -0.930. The van der Waals surface area contributed by atoms with E-state index in [1.807, 2.05) is 13.8 Å². The van der Waals surface area contributed by atoms with Crippen LogP contribution in [0.5, 0.6) is 5.75 Å². The molecule has 1 aromatic rings. The van der Waals surface area contributed by atoms with Gasteiger partial charge in [0.25, 0.3) is 5.91 Å². The highest BCUT2D eigenvalue weighted by molar-refractivity contribution is 6.35. The summed E-state index contributed by atoms with van der Waals surface area (Å²) in [5.41, 5.74) is 0. The second-order valence-electron chi connectivity index (χ2n) is 4.15. The molecule has 3 nitrogen and oxygen atoms in total. The molecule has 0 saturated heterocycles. The summed E-state index contributed by atoms with van der Waals surface area (Å²) in [6, 6.07) is 5.03. The normalized spacial score (nSPS) is 13.8. The van der Waals surface area contributed by atoms with Gasteiger partial charge in [0.1, 0.15) is 5.75 Å². The van der Waals surface area contributed by atoms with Gasteiger partial charge >= 0.3 is 0 Å². The lowest BCUT2D eigenvalue weighted by Crippen LogP contribution is -2.41. The summed E-state index contributed by atoms with van der Waals surface area (Å²) < 4.78 is 5.50. The quantitative estimate of drug-likeness (QED) is 0.898. The molecule has 100 valence electrons. The van der Waals surface area contributed by atoms with E-state index >= 15 is 0 Å². The van der Waals surface area contributed by atoms with Crippen molar-refractivity contribution in [3.05, 3.63) is 28.2 Å². The van der Waals surface area contributed by atoms with Crippen molar-refractivity contribution in [1.82, 2.24) is 5.32 Å². The number of amides is 1. The summed E-state index contributed by atoms with van der Waals surface area (Å²) in [5, 5.41) is 3.77. The minimum atomic E-state index is -0.599. The van der Waals surface area contributed by atoms with Crippen molar-refractivity contribution in [3.8, 4) is 5.75 Å². The topological polar surface area (TPSA) is 38.3 Å². The van der Waals surface area contributed by atoms with E-state index in [-0.39, 0.29) is 11.9 Å². The van der Waals surface area contributed by atoms with E-state index in [2.05, 4.69) is 5.32 Å². The SMILES string of the molecule is CC[C@H](C)NC(=O)[C@H](C)Oc1ccc(Cl)cc1Cl. The van der Waals surface area contributed by atoms with Gasteiger partial charge in [-0.15, -0.1) is 0 Å². The first-order valence-electron chi connectivity index (χ1n) is 5.86. The Labute approximate surface area is 117 Å². The van der Waals surface area contributed by atoms with Crippen molar-refractivity contribution < 1.29 is 9.53 Å². The highest BCUT2D eigenvalue weighted by atomic mass is 35.5. The zero-order valence-electron chi connectivity index (χ0n) is 10.7. The van der Waals surface area contributed by atoms with Gasteiger partial charge in [0.2, 0.25) is 0 Å². The van der Waals surface area contributed by atoms with Crippen molar-refractivity contribution in [3.63, 3.8) is 0 Å². The largest absolute Gasteiger partial charge is 0.479 e. The fraction of sp³-hybridized carbons (Fsp3) is 0.462. The van der Waals surface area contributed by atoms with Crippen LogP contribution >= 0.6 is 23.2 Å². The molecule has 2 atom stereocenters. The van der Waals surface area contributed by atoms with Crippen LogP contribution in [0, 0.1) is 0 Å². The van der Waals surface area contributed by atoms with Gasteiger partial charge in [0.15, 0.2) is 6.10 Å². The number of carbonyl (C=O) groups excluding carboxylic acids is 1. The number of hydrogen-bond donors (Lipinski definition) is 1. The van der Waals surface area contributed by atoms with Crippen molar-refractivity contribution in [2.45, 2.75) is 39.3 Å². The molecule has 1 aromatic carbocycles. The van der Waals surface area contributed by atoms with E-state index in [1.165, 1.54) is 0 Å². The number of carbonyl (C=O) groups is 1. The molecule has 0 aliphatic carbocycles. The highest BCUT2D eigenvalue weighted by Crippen LogP contribution is 2.28. The Morgan fingerprint density at radius 2 is 2.06 bits per heavy atom. The molecule has 0 aliphatic rings. The average molecular weight is 290 g/mol. The van der Waals surface area contributed by atoms with E-state index in [4.69, 9.17) is 27.9 Å². The van der Waals surface area contributed by atoms with Crippen molar-refractivity contribution in [1.29, 1.82) is 0 Å². The predicted octanol–water partition coefficient (Wildman–Crippen LogP) is 3.68. The maximum absolute atomic E-state index is 11.8. The zero-order valence-corrected chi connectivity index (χ0v) is 12.2. The minimum absolute atomic E-state index is 0.129. The molecule has 1 amide bonds. The molecule has 0 heterocycles. The molecule has 1 rings (SSSR count). The van der Waals surface area contributed by atoms with Crippen LogP contribution in [-0.4, -0.2) is 18.1 Å². The monoisotopic (exact) mass is 289 g/mol. The Morgan fingerprint density at radius 1 is 1.39 bits per heavy atom. The molecule has 5 heteroatoms. The van der Waals surface area contributed by atoms with Crippen LogP contribution in [0.1, 0.15) is 27.2 Å². The molecule has 0 aromatic heterocycles. The summed E-state index contributed by atoms with van der Waals surface area (Å²) in [4.78, 5) is 11.8. The Bertz CT molecular complexity index is 423. The van der Waals surface area contributed by atoms with Gasteiger partial charge in [-0.25, -0.2) is 0 Å². The molecule has 0 radical (unpaired) electrons. The molecule has 0 bridgehead atoms. The van der Waals surface area contributed by atoms with Crippen LogP contribution in [0.4, 0.5) is 0 Å². The Kier molecular flexibility index (Phi) is 5.76. The molecule has 0 aliphatic heterocycles. The second kappa shape index (κ2) is 6.86. The predicted molar refractivity (Wildman–Crippen MR) is 74.4 cm³/mol. The molecule has 0 unspecified atom stereocenters. The van der Waals surface area contributed by atoms with Gasteiger partial charge in [-0.05, 0) is 38.5 Å². The molecule has 18 heavy (non-hydrogen) atoms. The minimum Gasteiger partial charge on any atom is -0.479 e. The third-order valence-corrected chi connectivity index (χ3v) is 3.10. The maximum Gasteiger partial charge on any atom is 0.260 e. The lowest BCUT2D eigenvalue weighted by Gasteiger charge is -2.18. The molecular formula is C13H17Cl2NO2. The number of ether oxygens (including phenoxy) is 1. The smallest absolute Gasteiger partial charge is 0.260 e. The molecular weight excluding hydrogens is 273 g/mol. The number of halogens is 2. The van der Waals surface area contributed by atoms with Crippen LogP contribution < -0.4 is 10.1 Å². The lowest BCUT2D eigenvalue weighted by atomic mass is 10.2. The third-order valence-electron chi connectivity index (χ3n) is 2.57. The zero-order chi connectivity index (χ0) is 13.7. The standard InChI is InChI=1S/C13H17Cl2NO2/c1-4-8(2)16-13(17)9(3)18-12-6-5-10(14)7-11(12)15/h5-9H,4H2,1-3H3,(H,16,17)/t8-,9-/m0/s1. The van der Waals surface area contributed by atoms with Gasteiger partial charge in [0.05, 0.1) is 5.02 Å². The summed E-state index contributed by atoms with van der Waals surface area (Å²) in [5.74, 6) is 0.295. The van der Waals surface area contributed by atoms with Crippen LogP contribution in [0.2, 0.25) is 10.0 Å². The molecule has 0 fully saturated rings. The van der Waals surface area contributed by atoms with E-state index in [1.54, 1.807) is 25.1 Å². The van der Waals surface area contributed by atoms with E-state index < -0.39 is 6.10 Å². The first-order valence-corrected chi connectivity index (χ1v) is 6.61. The average Bonchev–Trinajstić information content (AvgIpc) is 2.32. The maximum atomic E-state index is 11.8. The lowest BCUT2D eigenvalue weighted by molar-refractivity contribution is -0.127. The molecule has 1 N–H and O–H groups in total. The van der Waals surface area contributed by atoms with Crippen LogP contribution in [0.15, 0.2) is 18.2 Å². The van der Waals surface area contributed by atoms with Gasteiger partial charge in [-0.3, -0.25) is 4.79 Å². The van der Waals surface area contributed by atoms with Crippen molar-refractivity contribution in [2.75, 3.05) is 0 Å². The summed E-state index contributed by atoms with van der Waals surface area (Å²) in [7, 11) is 0. The summed E-state index contributed by atoms with van der Waals surface area (Å²) in [6.45, 7) is 5.63. The van der Waals surface area contributed by atoms with E-state index in [0.29, 0.717) is 15.8 Å². The molecule has 0 saturated carbocycles. The van der Waals surface area contributed by atoms with Crippen LogP contribution in [0.25, 0.3) is 0 Å². The first-order chi connectivity index (χ1) is 8.43. The van der Waals surface area contributed by atoms with Crippen molar-refractivity contribution >= 4 is 29.1 Å². The Balaban J connectivity index is 2.63. The van der Waals surface area contributed by atoms with Gasteiger partial charge in [-0.1, -0.05) is 30.1 Å². The first kappa shape index (κ1) is 15.1. The molecule has 0 spiro atoms. The van der Waals surface area contributed by atoms with Crippen LogP contribution in [-0.2, 0) is 4.79 Å². The van der Waals surface area contributed by atoms with Gasteiger partial charge in [-0.2, -0.15) is 0 Å². The van der Waals surface area contributed by atoms with Crippen molar-refractivity contribution in [2.24, 2.45) is 0 Å². The second-order valence-corrected chi connectivity index (χ2v) is 5.00. The van der Waals surface area contributed by atoms with Gasteiger partial charge in [0, 0.05) is 11.1 Å². The van der Waals surface area contributed by atoms with E-state index in [0.717, 1.165) is 6.42 Å². The summed E-state index contributed by atoms with van der Waals surface area (Å²) in [6.07, 6.45) is 0.276. The Morgan fingerprint density at radius 3 is 2.61 bits per heavy atom. The number of rotatable bonds is 5. The van der Waals surface area contributed by atoms with E-state index in [9.17, 15) is 4.79 Å². The third kappa shape index (κ3) is 4.39. The van der Waals surface area contributed by atoms with Gasteiger partial charge < -0.3 is 10.1 Å². The van der Waals surface area contributed by atoms with Crippen LogP contribution in [0.3, 0.4) is 0 Å². The summed E-state index contributed by atoms with van der Waals surface area (Å²) >= 11 is 11.8. The number of nitrogens with one attached hydrogen (secondary N) is 1. The number of benzene rings is 1.